The van der Waals surface area contributed by atoms with Crippen LogP contribution in [0.5, 0.6) is 0 Å². The molecular formula is C29H34BNO3. The lowest BCUT2D eigenvalue weighted by atomic mass is 9.80. The van der Waals surface area contributed by atoms with Crippen LogP contribution in [0.25, 0.3) is 22.1 Å². The molecule has 4 aromatic rings. The fraction of sp³-hybridized carbons (Fsp3) is 0.310. The highest BCUT2D eigenvalue weighted by Gasteiger charge is 2.20. The Hall–Kier alpha value is -2.86. The maximum absolute atomic E-state index is 8.67. The minimum Gasteiger partial charge on any atom is -0.461 e. The Kier molecular flexibility index (Phi) is 7.89. The molecule has 0 spiro atoms. The van der Waals surface area contributed by atoms with Crippen molar-refractivity contribution in [2.75, 3.05) is 13.1 Å². The van der Waals surface area contributed by atoms with Crippen LogP contribution >= 0.6 is 0 Å². The molecule has 5 rings (SSSR count). The lowest BCUT2D eigenvalue weighted by molar-refractivity contribution is 0.266. The van der Waals surface area contributed by atoms with Gasteiger partial charge in [0.1, 0.15) is 11.3 Å². The molecule has 5 heteroatoms. The van der Waals surface area contributed by atoms with Gasteiger partial charge in [0, 0.05) is 24.4 Å². The van der Waals surface area contributed by atoms with Crippen LogP contribution in [0.2, 0.25) is 0 Å². The molecule has 0 saturated carbocycles. The largest absolute Gasteiger partial charge is 0.488 e. The molecule has 1 atom stereocenters. The summed E-state index contributed by atoms with van der Waals surface area (Å²) in [6, 6.07) is 25.2. The average molecular weight is 455 g/mol. The highest BCUT2D eigenvalue weighted by atomic mass is 16.4. The van der Waals surface area contributed by atoms with Crippen molar-refractivity contribution in [2.24, 2.45) is 0 Å². The zero-order valence-electron chi connectivity index (χ0n) is 20.4. The maximum atomic E-state index is 8.67. The average Bonchev–Trinajstić information content (AvgIpc) is 3.43. The molecule has 2 heterocycles. The first kappa shape index (κ1) is 24.3. The zero-order chi connectivity index (χ0) is 24.1. The second-order valence-electron chi connectivity index (χ2n) is 9.39. The summed E-state index contributed by atoms with van der Waals surface area (Å²) in [6.07, 6.45) is 3.67. The zero-order valence-corrected chi connectivity index (χ0v) is 20.4. The highest BCUT2D eigenvalue weighted by molar-refractivity contribution is 6.58. The number of furan rings is 1. The van der Waals surface area contributed by atoms with Crippen molar-refractivity contribution in [1.29, 1.82) is 0 Å². The molecule has 0 radical (unpaired) electrons. The van der Waals surface area contributed by atoms with E-state index < -0.39 is 7.12 Å². The summed E-state index contributed by atoms with van der Waals surface area (Å²) >= 11 is 0. The van der Waals surface area contributed by atoms with Gasteiger partial charge in [0.15, 0.2) is 0 Å². The molecule has 0 amide bonds. The van der Waals surface area contributed by atoms with Crippen LogP contribution in [-0.4, -0.2) is 41.2 Å². The third-order valence-corrected chi connectivity index (χ3v) is 6.66. The number of likely N-dealkylation sites (tertiary alicyclic amines) is 1. The van der Waals surface area contributed by atoms with Crippen LogP contribution in [0.1, 0.15) is 36.7 Å². The van der Waals surface area contributed by atoms with Crippen molar-refractivity contribution in [3.8, 4) is 11.1 Å². The molecule has 2 N–H and O–H groups in total. The Morgan fingerprint density at radius 2 is 1.53 bits per heavy atom. The second kappa shape index (κ2) is 11.0. The van der Waals surface area contributed by atoms with E-state index in [-0.39, 0.29) is 0 Å². The standard InChI is InChI=1S/C22H25NO.C7H9BO2/c1-16-5-7-18(8-6-16)19-9-10-22-20(14-19)15-21(24-22)11-13-23-12-3-4-17(23)2;1-6-2-4-7(5-3-6)8(9)10/h5-10,14-15,17H,3-4,11-13H2,1-2H3;2-5,9-10H,1H3/t17-;/m1./s1. The van der Waals surface area contributed by atoms with Crippen LogP contribution < -0.4 is 5.46 Å². The minimum atomic E-state index is -1.35. The maximum Gasteiger partial charge on any atom is 0.488 e. The van der Waals surface area contributed by atoms with Crippen LogP contribution in [0, 0.1) is 13.8 Å². The monoisotopic (exact) mass is 455 g/mol. The van der Waals surface area contributed by atoms with Gasteiger partial charge in [0.2, 0.25) is 0 Å². The summed E-state index contributed by atoms with van der Waals surface area (Å²) in [5.74, 6) is 1.10. The van der Waals surface area contributed by atoms with E-state index in [4.69, 9.17) is 14.5 Å². The van der Waals surface area contributed by atoms with E-state index in [0.717, 1.165) is 35.9 Å². The number of nitrogens with zero attached hydrogens (tertiary/aromatic N) is 1. The van der Waals surface area contributed by atoms with E-state index >= 15 is 0 Å². The first-order valence-electron chi connectivity index (χ1n) is 12.2. The Morgan fingerprint density at radius 1 is 0.882 bits per heavy atom. The Balaban J connectivity index is 0.000000231. The van der Waals surface area contributed by atoms with Crippen molar-refractivity contribution in [1.82, 2.24) is 4.90 Å². The van der Waals surface area contributed by atoms with E-state index in [2.05, 4.69) is 67.3 Å². The van der Waals surface area contributed by atoms with E-state index in [1.54, 1.807) is 12.1 Å². The van der Waals surface area contributed by atoms with Gasteiger partial charge in [0.25, 0.3) is 0 Å². The van der Waals surface area contributed by atoms with Gasteiger partial charge in [-0.1, -0.05) is 65.7 Å². The van der Waals surface area contributed by atoms with Gasteiger partial charge in [-0.25, -0.2) is 0 Å². The van der Waals surface area contributed by atoms with E-state index in [1.807, 2.05) is 19.1 Å². The molecule has 3 aromatic carbocycles. The third-order valence-electron chi connectivity index (χ3n) is 6.66. The summed E-state index contributed by atoms with van der Waals surface area (Å²) in [5.41, 5.74) is 6.45. The van der Waals surface area contributed by atoms with Gasteiger partial charge in [-0.3, -0.25) is 0 Å². The summed E-state index contributed by atoms with van der Waals surface area (Å²) in [5, 5.41) is 18.5. The summed E-state index contributed by atoms with van der Waals surface area (Å²) in [7, 11) is -1.35. The number of hydrogen-bond donors (Lipinski definition) is 2. The lowest BCUT2D eigenvalue weighted by Gasteiger charge is -2.19. The molecule has 34 heavy (non-hydrogen) atoms. The molecule has 4 nitrogen and oxygen atoms in total. The van der Waals surface area contributed by atoms with Gasteiger partial charge < -0.3 is 19.4 Å². The van der Waals surface area contributed by atoms with Crippen LogP contribution in [-0.2, 0) is 6.42 Å². The Morgan fingerprint density at radius 3 is 2.15 bits per heavy atom. The number of fused-ring (bicyclic) bond motifs is 1. The molecule has 1 saturated heterocycles. The fourth-order valence-electron chi connectivity index (χ4n) is 4.46. The molecule has 1 aromatic heterocycles. The topological polar surface area (TPSA) is 56.8 Å². The van der Waals surface area contributed by atoms with Gasteiger partial charge in [-0.05, 0) is 74.9 Å². The van der Waals surface area contributed by atoms with Crippen LogP contribution in [0.4, 0.5) is 0 Å². The number of rotatable bonds is 5. The SMILES string of the molecule is Cc1ccc(-c2ccc3oc(CCN4CCC[C@H]4C)cc3c2)cc1.Cc1ccc(B(O)O)cc1. The molecular weight excluding hydrogens is 421 g/mol. The molecule has 1 aliphatic rings. The number of benzene rings is 3. The molecule has 1 aliphatic heterocycles. The predicted octanol–water partition coefficient (Wildman–Crippen LogP) is 5.11. The third kappa shape index (κ3) is 6.18. The molecule has 0 aliphatic carbocycles. The molecule has 0 unspecified atom stereocenters. The van der Waals surface area contributed by atoms with Gasteiger partial charge in [-0.2, -0.15) is 0 Å². The first-order chi connectivity index (χ1) is 16.4. The van der Waals surface area contributed by atoms with Gasteiger partial charge >= 0.3 is 7.12 Å². The smallest absolute Gasteiger partial charge is 0.461 e. The highest BCUT2D eigenvalue weighted by Crippen LogP contribution is 2.27. The fourth-order valence-corrected chi connectivity index (χ4v) is 4.46. The van der Waals surface area contributed by atoms with Gasteiger partial charge in [0.05, 0.1) is 0 Å². The van der Waals surface area contributed by atoms with Crippen LogP contribution in [0.15, 0.2) is 77.2 Å². The Bertz CT molecular complexity index is 1200. The number of aryl methyl sites for hydroxylation is 2. The minimum absolute atomic E-state index is 0.533. The lowest BCUT2D eigenvalue weighted by Crippen LogP contribution is -2.29. The van der Waals surface area contributed by atoms with Crippen molar-refractivity contribution in [2.45, 2.75) is 46.1 Å². The quantitative estimate of drug-likeness (QED) is 0.411. The second-order valence-corrected chi connectivity index (χ2v) is 9.39. The van der Waals surface area contributed by atoms with Crippen molar-refractivity contribution >= 4 is 23.6 Å². The number of hydrogen-bond acceptors (Lipinski definition) is 4. The van der Waals surface area contributed by atoms with E-state index in [1.165, 1.54) is 41.5 Å². The predicted molar refractivity (Wildman–Crippen MR) is 141 cm³/mol. The van der Waals surface area contributed by atoms with Gasteiger partial charge in [-0.15, -0.1) is 0 Å². The summed E-state index contributed by atoms with van der Waals surface area (Å²) in [6.45, 7) is 8.74. The first-order valence-corrected chi connectivity index (χ1v) is 12.2. The summed E-state index contributed by atoms with van der Waals surface area (Å²) in [4.78, 5) is 2.57. The van der Waals surface area contributed by atoms with Crippen molar-refractivity contribution in [3.63, 3.8) is 0 Å². The van der Waals surface area contributed by atoms with Crippen molar-refractivity contribution < 1.29 is 14.5 Å². The molecule has 1 fully saturated rings. The van der Waals surface area contributed by atoms with Crippen molar-refractivity contribution in [3.05, 3.63) is 89.7 Å². The Labute approximate surface area is 203 Å². The van der Waals surface area contributed by atoms with E-state index in [0.29, 0.717) is 5.46 Å². The van der Waals surface area contributed by atoms with E-state index in [9.17, 15) is 0 Å². The normalized spacial score (nSPS) is 15.9. The molecule has 176 valence electrons. The summed E-state index contributed by atoms with van der Waals surface area (Å²) < 4.78 is 6.05. The molecule has 0 bridgehead atoms. The van der Waals surface area contributed by atoms with Crippen LogP contribution in [0.3, 0.4) is 0 Å².